The first kappa shape index (κ1) is 14.2. The maximum Gasteiger partial charge on any atom is 0.123 e. The van der Waals surface area contributed by atoms with Gasteiger partial charge in [-0.2, -0.15) is 0 Å². The van der Waals surface area contributed by atoms with Gasteiger partial charge in [-0.25, -0.2) is 4.39 Å². The zero-order valence-electron chi connectivity index (χ0n) is 11.4. The Hall–Kier alpha value is -0.890. The van der Waals surface area contributed by atoms with Crippen LogP contribution in [0.4, 0.5) is 4.39 Å². The molecule has 2 unspecified atom stereocenters. The number of hydrogen-bond acceptors (Lipinski definition) is 1. The Balaban J connectivity index is 2.69. The fourth-order valence-corrected chi connectivity index (χ4v) is 2.39. The van der Waals surface area contributed by atoms with Crippen LogP contribution in [0.3, 0.4) is 0 Å². The zero-order valence-corrected chi connectivity index (χ0v) is 11.4. The molecule has 0 saturated carbocycles. The first-order chi connectivity index (χ1) is 8.08. The first-order valence-electron chi connectivity index (χ1n) is 6.56. The molecule has 1 nitrogen and oxygen atoms in total. The molecule has 0 aliphatic heterocycles. The van der Waals surface area contributed by atoms with Gasteiger partial charge in [0, 0.05) is 6.04 Å². The smallest absolute Gasteiger partial charge is 0.123 e. The molecule has 2 atom stereocenters. The molecule has 0 fully saturated rings. The van der Waals surface area contributed by atoms with Gasteiger partial charge >= 0.3 is 0 Å². The summed E-state index contributed by atoms with van der Waals surface area (Å²) < 4.78 is 13.0. The molecule has 0 spiro atoms. The third-order valence-corrected chi connectivity index (χ3v) is 3.44. The van der Waals surface area contributed by atoms with Gasteiger partial charge in [0.25, 0.3) is 0 Å². The van der Waals surface area contributed by atoms with Crippen LogP contribution in [0.5, 0.6) is 0 Å². The molecule has 0 aromatic heterocycles. The molecular weight excluding hydrogens is 213 g/mol. The van der Waals surface area contributed by atoms with Crippen LogP contribution in [0.2, 0.25) is 0 Å². The van der Waals surface area contributed by atoms with Crippen molar-refractivity contribution in [2.45, 2.75) is 46.6 Å². The predicted octanol–water partition coefficient (Wildman–Crippen LogP) is 3.70. The lowest BCUT2D eigenvalue weighted by molar-refractivity contribution is 0.370. The van der Waals surface area contributed by atoms with Gasteiger partial charge in [0.1, 0.15) is 5.82 Å². The summed E-state index contributed by atoms with van der Waals surface area (Å²) in [6.45, 7) is 9.60. The lowest BCUT2D eigenvalue weighted by Crippen LogP contribution is -2.35. The van der Waals surface area contributed by atoms with Gasteiger partial charge in [0.15, 0.2) is 0 Å². The largest absolute Gasteiger partial charge is 0.314 e. The summed E-state index contributed by atoms with van der Waals surface area (Å²) >= 11 is 0. The van der Waals surface area contributed by atoms with Gasteiger partial charge in [0.2, 0.25) is 0 Å². The van der Waals surface area contributed by atoms with E-state index in [0.717, 1.165) is 24.9 Å². The van der Waals surface area contributed by atoms with E-state index >= 15 is 0 Å². The van der Waals surface area contributed by atoms with Crippen LogP contribution in [0.1, 0.15) is 38.3 Å². The third kappa shape index (κ3) is 4.12. The van der Waals surface area contributed by atoms with E-state index in [1.165, 1.54) is 5.56 Å². The van der Waals surface area contributed by atoms with Crippen molar-refractivity contribution < 1.29 is 4.39 Å². The lowest BCUT2D eigenvalue weighted by atomic mass is 9.90. The fraction of sp³-hybridized carbons (Fsp3) is 0.600. The molecule has 0 heterocycles. The van der Waals surface area contributed by atoms with Crippen LogP contribution in [-0.4, -0.2) is 12.6 Å². The molecule has 1 aromatic rings. The second-order valence-corrected chi connectivity index (χ2v) is 4.82. The van der Waals surface area contributed by atoms with Crippen LogP contribution in [0, 0.1) is 18.7 Å². The zero-order chi connectivity index (χ0) is 12.8. The van der Waals surface area contributed by atoms with E-state index in [1.807, 2.05) is 13.0 Å². The molecule has 0 amide bonds. The molecule has 96 valence electrons. The molecule has 2 heteroatoms. The van der Waals surface area contributed by atoms with Gasteiger partial charge in [-0.15, -0.1) is 0 Å². The van der Waals surface area contributed by atoms with Crippen LogP contribution < -0.4 is 5.32 Å². The summed E-state index contributed by atoms with van der Waals surface area (Å²) in [6.07, 6.45) is 2.15. The van der Waals surface area contributed by atoms with Crippen LogP contribution in [-0.2, 0) is 6.42 Å². The summed E-state index contributed by atoms with van der Waals surface area (Å²) in [5, 5.41) is 3.51. The van der Waals surface area contributed by atoms with Crippen molar-refractivity contribution in [1.82, 2.24) is 5.32 Å². The van der Waals surface area contributed by atoms with Crippen molar-refractivity contribution in [3.8, 4) is 0 Å². The highest BCUT2D eigenvalue weighted by atomic mass is 19.1. The number of nitrogens with one attached hydrogen (secondary N) is 1. The molecule has 0 bridgehead atoms. The second-order valence-electron chi connectivity index (χ2n) is 4.82. The van der Waals surface area contributed by atoms with Crippen molar-refractivity contribution in [2.24, 2.45) is 5.92 Å². The Morgan fingerprint density at radius 1 is 1.29 bits per heavy atom. The molecule has 0 radical (unpaired) electrons. The van der Waals surface area contributed by atoms with Crippen molar-refractivity contribution in [3.63, 3.8) is 0 Å². The van der Waals surface area contributed by atoms with Crippen LogP contribution in [0.25, 0.3) is 0 Å². The van der Waals surface area contributed by atoms with Gasteiger partial charge in [-0.3, -0.25) is 0 Å². The fourth-order valence-electron chi connectivity index (χ4n) is 2.39. The number of rotatable bonds is 6. The Bertz CT molecular complexity index is 349. The summed E-state index contributed by atoms with van der Waals surface area (Å²) in [7, 11) is 0. The molecule has 1 aromatic carbocycles. The van der Waals surface area contributed by atoms with Crippen molar-refractivity contribution >= 4 is 0 Å². The number of halogens is 1. The summed E-state index contributed by atoms with van der Waals surface area (Å²) in [5.74, 6) is 0.432. The van der Waals surface area contributed by atoms with E-state index in [9.17, 15) is 4.39 Å². The van der Waals surface area contributed by atoms with Crippen molar-refractivity contribution in [1.29, 1.82) is 0 Å². The second kappa shape index (κ2) is 6.75. The monoisotopic (exact) mass is 237 g/mol. The predicted molar refractivity (Wildman–Crippen MR) is 71.8 cm³/mol. The first-order valence-corrected chi connectivity index (χ1v) is 6.56. The Morgan fingerprint density at radius 2 is 2.00 bits per heavy atom. The van der Waals surface area contributed by atoms with Crippen LogP contribution >= 0.6 is 0 Å². The maximum absolute atomic E-state index is 13.0. The summed E-state index contributed by atoms with van der Waals surface area (Å²) in [5.41, 5.74) is 2.32. The molecule has 17 heavy (non-hydrogen) atoms. The van der Waals surface area contributed by atoms with Crippen LogP contribution in [0.15, 0.2) is 18.2 Å². The van der Waals surface area contributed by atoms with E-state index in [2.05, 4.69) is 26.1 Å². The molecular formula is C15H24FN. The molecule has 0 saturated heterocycles. The molecule has 1 rings (SSSR count). The maximum atomic E-state index is 13.0. The average molecular weight is 237 g/mol. The highest BCUT2D eigenvalue weighted by Crippen LogP contribution is 2.18. The third-order valence-electron chi connectivity index (χ3n) is 3.44. The van der Waals surface area contributed by atoms with E-state index in [-0.39, 0.29) is 5.82 Å². The minimum Gasteiger partial charge on any atom is -0.314 e. The quantitative estimate of drug-likeness (QED) is 0.795. The molecule has 0 aliphatic rings. The van der Waals surface area contributed by atoms with Crippen molar-refractivity contribution in [2.75, 3.05) is 6.54 Å². The van der Waals surface area contributed by atoms with E-state index in [0.29, 0.717) is 12.0 Å². The SMILES string of the molecule is CCNC(CC)C(C)Cc1ccc(F)cc1C. The lowest BCUT2D eigenvalue weighted by Gasteiger charge is -2.24. The molecule has 0 aliphatic carbocycles. The number of aryl methyl sites for hydroxylation is 1. The Labute approximate surface area is 104 Å². The summed E-state index contributed by atoms with van der Waals surface area (Å²) in [6, 6.07) is 5.64. The topological polar surface area (TPSA) is 12.0 Å². The van der Waals surface area contributed by atoms with Gasteiger partial charge in [-0.1, -0.05) is 26.8 Å². The standard InChI is InChI=1S/C15H24FN/c1-5-15(17-6-2)12(4)9-13-7-8-14(16)10-11(13)3/h7-8,10,12,15,17H,5-6,9H2,1-4H3. The van der Waals surface area contributed by atoms with E-state index in [1.54, 1.807) is 12.1 Å². The van der Waals surface area contributed by atoms with Gasteiger partial charge in [-0.05, 0) is 55.5 Å². The highest BCUT2D eigenvalue weighted by Gasteiger charge is 2.15. The minimum absolute atomic E-state index is 0.141. The Kier molecular flexibility index (Phi) is 5.63. The minimum atomic E-state index is -0.141. The average Bonchev–Trinajstić information content (AvgIpc) is 2.29. The highest BCUT2D eigenvalue weighted by molar-refractivity contribution is 5.27. The van der Waals surface area contributed by atoms with E-state index < -0.39 is 0 Å². The molecule has 1 N–H and O–H groups in total. The van der Waals surface area contributed by atoms with Gasteiger partial charge < -0.3 is 5.32 Å². The van der Waals surface area contributed by atoms with Gasteiger partial charge in [0.05, 0.1) is 0 Å². The Morgan fingerprint density at radius 3 is 2.53 bits per heavy atom. The van der Waals surface area contributed by atoms with Crippen molar-refractivity contribution in [3.05, 3.63) is 35.1 Å². The number of hydrogen-bond donors (Lipinski definition) is 1. The number of benzene rings is 1. The normalized spacial score (nSPS) is 14.6. The van der Waals surface area contributed by atoms with E-state index in [4.69, 9.17) is 0 Å². The summed E-state index contributed by atoms with van der Waals surface area (Å²) in [4.78, 5) is 0.